The van der Waals surface area contributed by atoms with Gasteiger partial charge in [-0.15, -0.1) is 0 Å². The van der Waals surface area contributed by atoms with E-state index in [-0.39, 0.29) is 31.5 Å². The minimum absolute atomic E-state index is 0.169. The van der Waals surface area contributed by atoms with Crippen molar-refractivity contribution in [1.29, 1.82) is 0 Å². The van der Waals surface area contributed by atoms with Crippen molar-refractivity contribution in [2.45, 2.75) is 57.6 Å². The lowest BCUT2D eigenvalue weighted by Gasteiger charge is -2.23. The van der Waals surface area contributed by atoms with Crippen LogP contribution in [0.25, 0.3) is 0 Å². The molecule has 0 aliphatic carbocycles. The Labute approximate surface area is 136 Å². The quantitative estimate of drug-likeness (QED) is 0.397. The predicted molar refractivity (Wildman–Crippen MR) is 80.7 cm³/mol. The Morgan fingerprint density at radius 3 is 2.52 bits per heavy atom. The molecule has 0 bridgehead atoms. The molecule has 0 N–H and O–H groups in total. The first-order chi connectivity index (χ1) is 10.7. The van der Waals surface area contributed by atoms with Gasteiger partial charge in [0.15, 0.2) is 11.6 Å². The van der Waals surface area contributed by atoms with Crippen LogP contribution in [-0.4, -0.2) is 62.3 Å². The molecule has 2 aliphatic heterocycles. The van der Waals surface area contributed by atoms with E-state index in [1.165, 1.54) is 0 Å². The van der Waals surface area contributed by atoms with E-state index in [0.717, 1.165) is 6.08 Å². The lowest BCUT2D eigenvalue weighted by molar-refractivity contribution is -0.175. The standard InChI is InChI=1S/C16H26O7/c1-6-13(17)19-8-7-18-9-11-14(23-16(4,5)22-11)12-10-20-15(2,3)21-12/h6,11-12,14H,1,7-10H2,2-5H3. The number of hydrogen-bond acceptors (Lipinski definition) is 7. The molecule has 3 atom stereocenters. The molecule has 0 spiro atoms. The third-order valence-corrected chi connectivity index (χ3v) is 3.54. The molecule has 2 saturated heterocycles. The smallest absolute Gasteiger partial charge is 0.330 e. The summed E-state index contributed by atoms with van der Waals surface area (Å²) < 4.78 is 33.7. The Morgan fingerprint density at radius 2 is 1.91 bits per heavy atom. The first-order valence-corrected chi connectivity index (χ1v) is 7.77. The summed E-state index contributed by atoms with van der Waals surface area (Å²) in [4.78, 5) is 10.9. The van der Waals surface area contributed by atoms with Crippen LogP contribution in [0.1, 0.15) is 27.7 Å². The summed E-state index contributed by atoms with van der Waals surface area (Å²) in [6.07, 6.45) is 0.357. The van der Waals surface area contributed by atoms with Crippen LogP contribution >= 0.6 is 0 Å². The summed E-state index contributed by atoms with van der Waals surface area (Å²) in [5.41, 5.74) is 0. The SMILES string of the molecule is C=CC(=O)OCCOCC1OC(C)(C)OC1C1COC(C)(C)O1. The van der Waals surface area contributed by atoms with E-state index in [9.17, 15) is 4.79 Å². The van der Waals surface area contributed by atoms with Crippen LogP contribution < -0.4 is 0 Å². The van der Waals surface area contributed by atoms with Gasteiger partial charge in [-0.05, 0) is 27.7 Å². The molecule has 0 aromatic carbocycles. The number of carbonyl (C=O) groups is 1. The van der Waals surface area contributed by atoms with Crippen LogP contribution in [0.4, 0.5) is 0 Å². The van der Waals surface area contributed by atoms with Gasteiger partial charge >= 0.3 is 5.97 Å². The van der Waals surface area contributed by atoms with Crippen molar-refractivity contribution in [3.8, 4) is 0 Å². The van der Waals surface area contributed by atoms with Crippen molar-refractivity contribution in [2.75, 3.05) is 26.4 Å². The van der Waals surface area contributed by atoms with E-state index in [1.807, 2.05) is 27.7 Å². The highest BCUT2D eigenvalue weighted by molar-refractivity contribution is 5.81. The average Bonchev–Trinajstić information content (AvgIpc) is 2.97. The highest BCUT2D eigenvalue weighted by atomic mass is 16.8. The van der Waals surface area contributed by atoms with Gasteiger partial charge < -0.3 is 28.4 Å². The van der Waals surface area contributed by atoms with E-state index in [0.29, 0.717) is 13.2 Å². The van der Waals surface area contributed by atoms with Crippen LogP contribution in [-0.2, 0) is 33.2 Å². The van der Waals surface area contributed by atoms with Gasteiger partial charge in [0.2, 0.25) is 0 Å². The molecule has 0 radical (unpaired) electrons. The van der Waals surface area contributed by atoms with Crippen LogP contribution in [0.2, 0.25) is 0 Å². The zero-order valence-electron chi connectivity index (χ0n) is 14.2. The Bertz CT molecular complexity index is 432. The fourth-order valence-electron chi connectivity index (χ4n) is 2.64. The van der Waals surface area contributed by atoms with Crippen LogP contribution in [0.5, 0.6) is 0 Å². The molecule has 132 valence electrons. The summed E-state index contributed by atoms with van der Waals surface area (Å²) >= 11 is 0. The van der Waals surface area contributed by atoms with Gasteiger partial charge in [0.25, 0.3) is 0 Å². The molecular formula is C16H26O7. The number of hydrogen-bond donors (Lipinski definition) is 0. The van der Waals surface area contributed by atoms with Gasteiger partial charge in [-0.25, -0.2) is 4.79 Å². The zero-order chi connectivity index (χ0) is 17.1. The largest absolute Gasteiger partial charge is 0.460 e. The van der Waals surface area contributed by atoms with E-state index in [4.69, 9.17) is 28.4 Å². The van der Waals surface area contributed by atoms with E-state index in [2.05, 4.69) is 6.58 Å². The van der Waals surface area contributed by atoms with E-state index < -0.39 is 17.5 Å². The normalized spacial score (nSPS) is 31.9. The number of ether oxygens (including phenoxy) is 6. The first-order valence-electron chi connectivity index (χ1n) is 7.77. The maximum Gasteiger partial charge on any atom is 0.330 e. The van der Waals surface area contributed by atoms with Crippen LogP contribution in [0.3, 0.4) is 0 Å². The second-order valence-electron chi connectivity index (χ2n) is 6.45. The first kappa shape index (κ1) is 18.4. The maximum atomic E-state index is 10.9. The topological polar surface area (TPSA) is 72.5 Å². The van der Waals surface area contributed by atoms with Gasteiger partial charge in [0, 0.05) is 6.08 Å². The highest BCUT2D eigenvalue weighted by Gasteiger charge is 2.49. The molecule has 7 nitrogen and oxygen atoms in total. The second kappa shape index (κ2) is 7.27. The Balaban J connectivity index is 1.81. The van der Waals surface area contributed by atoms with Gasteiger partial charge in [-0.2, -0.15) is 0 Å². The second-order valence-corrected chi connectivity index (χ2v) is 6.45. The highest BCUT2D eigenvalue weighted by Crippen LogP contribution is 2.35. The molecule has 3 unspecified atom stereocenters. The van der Waals surface area contributed by atoms with E-state index in [1.54, 1.807) is 0 Å². The average molecular weight is 330 g/mol. The summed E-state index contributed by atoms with van der Waals surface area (Å²) in [6.45, 7) is 12.0. The third kappa shape index (κ3) is 5.26. The van der Waals surface area contributed by atoms with Gasteiger partial charge in [-0.1, -0.05) is 6.58 Å². The van der Waals surface area contributed by atoms with Crippen molar-refractivity contribution in [1.82, 2.24) is 0 Å². The fourth-order valence-corrected chi connectivity index (χ4v) is 2.64. The van der Waals surface area contributed by atoms with Crippen LogP contribution in [0, 0.1) is 0 Å². The predicted octanol–water partition coefficient (Wildman–Crippen LogP) is 1.40. The molecule has 2 rings (SSSR count). The minimum Gasteiger partial charge on any atom is -0.460 e. The summed E-state index contributed by atoms with van der Waals surface area (Å²) in [6, 6.07) is 0. The summed E-state index contributed by atoms with van der Waals surface area (Å²) in [5.74, 6) is -1.79. The van der Waals surface area contributed by atoms with Crippen molar-refractivity contribution >= 4 is 5.97 Å². The fraction of sp³-hybridized carbons (Fsp3) is 0.812. The molecule has 0 aromatic heterocycles. The molecule has 7 heteroatoms. The molecule has 0 amide bonds. The van der Waals surface area contributed by atoms with Crippen LogP contribution in [0.15, 0.2) is 12.7 Å². The van der Waals surface area contributed by atoms with Crippen molar-refractivity contribution in [3.63, 3.8) is 0 Å². The van der Waals surface area contributed by atoms with E-state index >= 15 is 0 Å². The third-order valence-electron chi connectivity index (χ3n) is 3.54. The summed E-state index contributed by atoms with van der Waals surface area (Å²) in [7, 11) is 0. The maximum absolute atomic E-state index is 10.9. The van der Waals surface area contributed by atoms with Gasteiger partial charge in [0.1, 0.15) is 24.9 Å². The zero-order valence-corrected chi connectivity index (χ0v) is 14.2. The number of rotatable bonds is 7. The minimum atomic E-state index is -0.704. The van der Waals surface area contributed by atoms with Crippen molar-refractivity contribution in [3.05, 3.63) is 12.7 Å². The molecule has 2 aliphatic rings. The number of esters is 1. The molecule has 0 aromatic rings. The van der Waals surface area contributed by atoms with Crippen molar-refractivity contribution < 1.29 is 33.2 Å². The number of carbonyl (C=O) groups excluding carboxylic acids is 1. The lowest BCUT2D eigenvalue weighted by atomic mass is 10.1. The van der Waals surface area contributed by atoms with Crippen molar-refractivity contribution in [2.24, 2.45) is 0 Å². The Morgan fingerprint density at radius 1 is 1.17 bits per heavy atom. The molecule has 2 heterocycles. The van der Waals surface area contributed by atoms with Gasteiger partial charge in [0.05, 0.1) is 19.8 Å². The van der Waals surface area contributed by atoms with Gasteiger partial charge in [-0.3, -0.25) is 0 Å². The molecule has 23 heavy (non-hydrogen) atoms. The Hall–Kier alpha value is -0.990. The molecular weight excluding hydrogens is 304 g/mol. The monoisotopic (exact) mass is 330 g/mol. The molecule has 2 fully saturated rings. The molecule has 0 saturated carbocycles. The summed E-state index contributed by atoms with van der Waals surface area (Å²) in [5, 5.41) is 0. The Kier molecular flexibility index (Phi) is 5.80. The lowest BCUT2D eigenvalue weighted by Crippen LogP contribution is -2.40.